The van der Waals surface area contributed by atoms with Gasteiger partial charge in [0.1, 0.15) is 5.58 Å². The number of hydrogen-bond donors (Lipinski definition) is 0. The average Bonchev–Trinajstić information content (AvgIpc) is 3.20. The minimum absolute atomic E-state index is 0.0223. The monoisotopic (exact) mass is 336 g/mol. The van der Waals surface area contributed by atoms with Crippen molar-refractivity contribution in [3.63, 3.8) is 0 Å². The Kier molecular flexibility index (Phi) is 3.86. The SMILES string of the molecule is CCn1c(SCC(=O)c2cc3ccccc3o2)nc2ccccc21. The first kappa shape index (κ1) is 15.0. The molecule has 0 amide bonds. The lowest BCUT2D eigenvalue weighted by atomic mass is 10.2. The predicted octanol–water partition coefficient (Wildman–Crippen LogP) is 4.78. The van der Waals surface area contributed by atoms with E-state index < -0.39 is 0 Å². The molecule has 0 aliphatic rings. The van der Waals surface area contributed by atoms with Crippen molar-refractivity contribution in [2.75, 3.05) is 5.75 Å². The number of thioether (sulfide) groups is 1. The Hall–Kier alpha value is -2.53. The predicted molar refractivity (Wildman–Crippen MR) is 96.7 cm³/mol. The zero-order chi connectivity index (χ0) is 16.5. The third kappa shape index (κ3) is 2.61. The zero-order valence-corrected chi connectivity index (χ0v) is 14.0. The van der Waals surface area contributed by atoms with Crippen molar-refractivity contribution in [2.45, 2.75) is 18.6 Å². The highest BCUT2D eigenvalue weighted by molar-refractivity contribution is 7.99. The van der Waals surface area contributed by atoms with Crippen molar-refractivity contribution < 1.29 is 9.21 Å². The van der Waals surface area contributed by atoms with Crippen LogP contribution in [-0.2, 0) is 6.54 Å². The van der Waals surface area contributed by atoms with Crippen LogP contribution in [0.4, 0.5) is 0 Å². The summed E-state index contributed by atoms with van der Waals surface area (Å²) >= 11 is 1.45. The maximum Gasteiger partial charge on any atom is 0.208 e. The Morgan fingerprint density at radius 2 is 1.96 bits per heavy atom. The van der Waals surface area contributed by atoms with Crippen LogP contribution in [0.15, 0.2) is 64.2 Å². The number of fused-ring (bicyclic) bond motifs is 2. The van der Waals surface area contributed by atoms with Gasteiger partial charge in [0.15, 0.2) is 10.9 Å². The molecule has 0 saturated carbocycles. The fourth-order valence-corrected chi connectivity index (χ4v) is 3.74. The summed E-state index contributed by atoms with van der Waals surface area (Å²) in [6, 6.07) is 17.5. The molecule has 2 aromatic heterocycles. The summed E-state index contributed by atoms with van der Waals surface area (Å²) in [5.41, 5.74) is 2.79. The van der Waals surface area contributed by atoms with Gasteiger partial charge in [0, 0.05) is 11.9 Å². The van der Waals surface area contributed by atoms with Crippen molar-refractivity contribution in [1.82, 2.24) is 9.55 Å². The quantitative estimate of drug-likeness (QED) is 0.389. The number of rotatable bonds is 5. The molecule has 0 unspecified atom stereocenters. The van der Waals surface area contributed by atoms with Crippen LogP contribution in [0.2, 0.25) is 0 Å². The third-order valence-corrected chi connectivity index (χ3v) is 4.94. The van der Waals surface area contributed by atoms with Gasteiger partial charge in [0.05, 0.1) is 16.8 Å². The first-order valence-electron chi connectivity index (χ1n) is 7.86. The number of aromatic nitrogens is 2. The number of imidazole rings is 1. The third-order valence-electron chi connectivity index (χ3n) is 3.97. The molecule has 0 saturated heterocycles. The molecule has 120 valence electrons. The molecule has 2 heterocycles. The first-order chi connectivity index (χ1) is 11.8. The molecule has 0 radical (unpaired) electrons. The maximum absolute atomic E-state index is 12.5. The second-order valence-corrected chi connectivity index (χ2v) is 6.43. The van der Waals surface area contributed by atoms with Crippen LogP contribution in [0.3, 0.4) is 0 Å². The van der Waals surface area contributed by atoms with Crippen molar-refractivity contribution in [2.24, 2.45) is 0 Å². The Labute approximate surface area is 143 Å². The van der Waals surface area contributed by atoms with Crippen molar-refractivity contribution >= 4 is 39.5 Å². The van der Waals surface area contributed by atoms with Crippen LogP contribution in [0, 0.1) is 0 Å². The van der Waals surface area contributed by atoms with Crippen LogP contribution < -0.4 is 0 Å². The molecule has 0 N–H and O–H groups in total. The van der Waals surface area contributed by atoms with Crippen molar-refractivity contribution in [3.05, 3.63) is 60.4 Å². The number of hydrogen-bond acceptors (Lipinski definition) is 4. The number of carbonyl (C=O) groups excluding carboxylic acids is 1. The Morgan fingerprint density at radius 3 is 2.79 bits per heavy atom. The van der Waals surface area contributed by atoms with Gasteiger partial charge in [0.2, 0.25) is 5.78 Å². The second kappa shape index (κ2) is 6.17. The minimum atomic E-state index is -0.0223. The van der Waals surface area contributed by atoms with Gasteiger partial charge in [-0.3, -0.25) is 4.79 Å². The normalized spacial score (nSPS) is 11.4. The Balaban J connectivity index is 1.57. The number of aryl methyl sites for hydroxylation is 1. The number of nitrogens with zero attached hydrogens (tertiary/aromatic N) is 2. The number of Topliss-reactive ketones (excluding diaryl/α,β-unsaturated/α-hetero) is 1. The van der Waals surface area contributed by atoms with Gasteiger partial charge in [-0.1, -0.05) is 42.1 Å². The van der Waals surface area contributed by atoms with Crippen LogP contribution in [0.1, 0.15) is 17.5 Å². The highest BCUT2D eigenvalue weighted by Gasteiger charge is 2.15. The molecule has 4 aromatic rings. The summed E-state index contributed by atoms with van der Waals surface area (Å²) < 4.78 is 7.77. The van der Waals surface area contributed by atoms with E-state index >= 15 is 0 Å². The number of benzene rings is 2. The standard InChI is InChI=1S/C19H16N2O2S/c1-2-21-15-9-5-4-8-14(15)20-19(21)24-12-16(22)18-11-13-7-3-6-10-17(13)23-18/h3-11H,2,12H2,1H3. The lowest BCUT2D eigenvalue weighted by Gasteiger charge is -2.04. The molecule has 0 aliphatic carbocycles. The minimum Gasteiger partial charge on any atom is -0.453 e. The summed E-state index contributed by atoms with van der Waals surface area (Å²) in [4.78, 5) is 17.1. The first-order valence-corrected chi connectivity index (χ1v) is 8.84. The molecular weight excluding hydrogens is 320 g/mol. The highest BCUT2D eigenvalue weighted by atomic mass is 32.2. The molecule has 24 heavy (non-hydrogen) atoms. The van der Waals surface area contributed by atoms with Crippen LogP contribution in [0.5, 0.6) is 0 Å². The Morgan fingerprint density at radius 1 is 1.17 bits per heavy atom. The van der Waals surface area contributed by atoms with Gasteiger partial charge < -0.3 is 8.98 Å². The topological polar surface area (TPSA) is 48.0 Å². The number of ketones is 1. The fraction of sp³-hybridized carbons (Fsp3) is 0.158. The Bertz CT molecular complexity index is 999. The van der Waals surface area contributed by atoms with E-state index in [1.165, 1.54) is 11.8 Å². The van der Waals surface area contributed by atoms with E-state index in [0.29, 0.717) is 11.5 Å². The van der Waals surface area contributed by atoms with Gasteiger partial charge in [-0.05, 0) is 31.2 Å². The summed E-state index contributed by atoms with van der Waals surface area (Å²) in [5, 5.41) is 1.81. The molecular formula is C19H16N2O2S. The lowest BCUT2D eigenvalue weighted by molar-refractivity contribution is 0.0994. The van der Waals surface area contributed by atoms with E-state index in [9.17, 15) is 4.79 Å². The fourth-order valence-electron chi connectivity index (χ4n) is 2.79. The van der Waals surface area contributed by atoms with Crippen LogP contribution in [0.25, 0.3) is 22.0 Å². The summed E-state index contributed by atoms with van der Waals surface area (Å²) in [5.74, 6) is 0.692. The second-order valence-electron chi connectivity index (χ2n) is 5.49. The van der Waals surface area contributed by atoms with Crippen molar-refractivity contribution in [1.29, 1.82) is 0 Å². The summed E-state index contributed by atoms with van der Waals surface area (Å²) in [7, 11) is 0. The molecule has 0 bridgehead atoms. The highest BCUT2D eigenvalue weighted by Crippen LogP contribution is 2.26. The van der Waals surface area contributed by atoms with Gasteiger partial charge in [-0.2, -0.15) is 0 Å². The number of para-hydroxylation sites is 3. The van der Waals surface area contributed by atoms with E-state index in [4.69, 9.17) is 4.42 Å². The molecule has 4 nitrogen and oxygen atoms in total. The van der Waals surface area contributed by atoms with E-state index in [0.717, 1.165) is 33.7 Å². The van der Waals surface area contributed by atoms with E-state index in [-0.39, 0.29) is 5.78 Å². The average molecular weight is 336 g/mol. The molecule has 0 atom stereocenters. The summed E-state index contributed by atoms with van der Waals surface area (Å²) in [6.45, 7) is 2.90. The molecule has 0 spiro atoms. The molecule has 4 rings (SSSR count). The van der Waals surface area contributed by atoms with Gasteiger partial charge >= 0.3 is 0 Å². The van der Waals surface area contributed by atoms with E-state index in [2.05, 4.69) is 22.5 Å². The lowest BCUT2D eigenvalue weighted by Crippen LogP contribution is -2.03. The smallest absolute Gasteiger partial charge is 0.208 e. The maximum atomic E-state index is 12.5. The molecule has 0 aliphatic heterocycles. The molecule has 0 fully saturated rings. The molecule has 2 aromatic carbocycles. The van der Waals surface area contributed by atoms with E-state index in [1.807, 2.05) is 42.5 Å². The van der Waals surface area contributed by atoms with Gasteiger partial charge in [-0.25, -0.2) is 4.98 Å². The van der Waals surface area contributed by atoms with Crippen molar-refractivity contribution in [3.8, 4) is 0 Å². The number of furan rings is 1. The van der Waals surface area contributed by atoms with Gasteiger partial charge in [0.25, 0.3) is 0 Å². The summed E-state index contributed by atoms with van der Waals surface area (Å²) in [6.07, 6.45) is 0. The van der Waals surface area contributed by atoms with Gasteiger partial charge in [-0.15, -0.1) is 0 Å². The largest absolute Gasteiger partial charge is 0.453 e. The zero-order valence-electron chi connectivity index (χ0n) is 13.2. The number of carbonyl (C=O) groups is 1. The van der Waals surface area contributed by atoms with Crippen LogP contribution >= 0.6 is 11.8 Å². The molecule has 5 heteroatoms. The van der Waals surface area contributed by atoms with E-state index in [1.54, 1.807) is 6.07 Å². The van der Waals surface area contributed by atoms with Crippen LogP contribution in [-0.4, -0.2) is 21.1 Å².